The van der Waals surface area contributed by atoms with Crippen molar-refractivity contribution in [1.82, 2.24) is 0 Å². The van der Waals surface area contributed by atoms with Gasteiger partial charge < -0.3 is 15.0 Å². The second kappa shape index (κ2) is 9.38. The van der Waals surface area contributed by atoms with Gasteiger partial charge in [-0.05, 0) is 62.2 Å². The lowest BCUT2D eigenvalue weighted by molar-refractivity contribution is -0.114. The number of hydrogen-bond donors (Lipinski definition) is 1. The summed E-state index contributed by atoms with van der Waals surface area (Å²) in [5, 5.41) is 2.61. The third-order valence-electron chi connectivity index (χ3n) is 5.73. The first-order valence-corrected chi connectivity index (χ1v) is 12.5. The van der Waals surface area contributed by atoms with Gasteiger partial charge in [-0.25, -0.2) is 4.79 Å². The van der Waals surface area contributed by atoms with Crippen LogP contribution >= 0.6 is 0 Å². The second-order valence-corrected chi connectivity index (χ2v) is 9.87. The number of fused-ring (bicyclic) bond motifs is 3. The Bertz CT molecular complexity index is 1280. The average Bonchev–Trinajstić information content (AvgIpc) is 3.03. The molecule has 2 heterocycles. The van der Waals surface area contributed by atoms with Crippen molar-refractivity contribution in [2.24, 2.45) is 4.40 Å². The Morgan fingerprint density at radius 1 is 1.03 bits per heavy atom. The van der Waals surface area contributed by atoms with Crippen molar-refractivity contribution in [2.75, 3.05) is 16.8 Å². The predicted molar refractivity (Wildman–Crippen MR) is 127 cm³/mol. The highest BCUT2D eigenvalue weighted by Gasteiger charge is 2.32. The number of nitrogens with one attached hydrogen (secondary N) is 1. The number of nitrogens with zero attached hydrogens (tertiary/aromatic N) is 2. The van der Waals surface area contributed by atoms with Crippen molar-refractivity contribution in [3.63, 3.8) is 0 Å². The Kier molecular flexibility index (Phi) is 6.52. The zero-order valence-corrected chi connectivity index (χ0v) is 19.7. The van der Waals surface area contributed by atoms with Crippen LogP contribution in [-0.4, -0.2) is 44.6 Å². The molecule has 9 nitrogen and oxygen atoms in total. The van der Waals surface area contributed by atoms with Crippen molar-refractivity contribution in [2.45, 2.75) is 50.5 Å². The van der Waals surface area contributed by atoms with Gasteiger partial charge in [0.2, 0.25) is 11.7 Å². The van der Waals surface area contributed by atoms with Crippen LogP contribution in [0.25, 0.3) is 0 Å². The first-order valence-electron chi connectivity index (χ1n) is 11.0. The van der Waals surface area contributed by atoms with Gasteiger partial charge in [0.25, 0.3) is 10.0 Å². The fourth-order valence-electron chi connectivity index (χ4n) is 4.04. The zero-order valence-electron chi connectivity index (χ0n) is 18.9. The summed E-state index contributed by atoms with van der Waals surface area (Å²) in [4.78, 5) is 38.4. The molecule has 0 aliphatic carbocycles. The number of anilines is 2. The van der Waals surface area contributed by atoms with Gasteiger partial charge in [0.1, 0.15) is 10.7 Å². The van der Waals surface area contributed by atoms with E-state index in [1.807, 2.05) is 4.90 Å². The number of carbonyl (C=O) groups excluding carboxylic acids is 3. The summed E-state index contributed by atoms with van der Waals surface area (Å²) in [5.41, 5.74) is 1.38. The Balaban J connectivity index is 1.51. The van der Waals surface area contributed by atoms with Gasteiger partial charge in [-0.1, -0.05) is 6.42 Å². The average molecular weight is 484 g/mol. The third kappa shape index (κ3) is 4.86. The van der Waals surface area contributed by atoms with E-state index in [0.717, 1.165) is 19.3 Å². The molecule has 178 valence electrons. The first kappa shape index (κ1) is 23.6. The molecule has 1 amide bonds. The van der Waals surface area contributed by atoms with Gasteiger partial charge in [0.05, 0.1) is 11.3 Å². The topological polar surface area (TPSA) is 122 Å². The van der Waals surface area contributed by atoms with E-state index >= 15 is 0 Å². The molecule has 0 saturated carbocycles. The van der Waals surface area contributed by atoms with Crippen molar-refractivity contribution < 1.29 is 27.5 Å². The number of hydrogen-bond acceptors (Lipinski definition) is 7. The summed E-state index contributed by atoms with van der Waals surface area (Å²) < 4.78 is 34.9. The highest BCUT2D eigenvalue weighted by atomic mass is 32.2. The molecule has 1 saturated heterocycles. The van der Waals surface area contributed by atoms with Crippen molar-refractivity contribution >= 4 is 44.9 Å². The molecular formula is C24H25N3O6S. The standard InChI is InChI=1S/C24H25N3O6S/c1-15(23(29)17-7-10-19(11-8-17)25-16(2)28)33-24(30)18-9-12-20-21(14-18)34(31,32)26-22-6-4-3-5-13-27(20)22/h7-12,14-15H,3-6,13H2,1-2H3,(H,25,28)/t15-/m0/s1. The highest BCUT2D eigenvalue weighted by molar-refractivity contribution is 7.90. The number of Topliss-reactive ketones (excluding diaryl/α,β-unsaturated/α-hetero) is 1. The Hall–Kier alpha value is -3.53. The number of rotatable bonds is 5. The van der Waals surface area contributed by atoms with Gasteiger partial charge in [-0.15, -0.1) is 4.40 Å². The number of amides is 1. The van der Waals surface area contributed by atoms with E-state index in [-0.39, 0.29) is 16.4 Å². The molecule has 0 radical (unpaired) electrons. The van der Waals surface area contributed by atoms with Gasteiger partial charge >= 0.3 is 5.97 Å². The summed E-state index contributed by atoms with van der Waals surface area (Å²) >= 11 is 0. The van der Waals surface area contributed by atoms with E-state index in [1.165, 1.54) is 38.1 Å². The molecule has 34 heavy (non-hydrogen) atoms. The van der Waals surface area contributed by atoms with Crippen LogP contribution in [0.1, 0.15) is 60.2 Å². The maximum absolute atomic E-state index is 12.8. The Labute approximate surface area is 197 Å². The zero-order chi connectivity index (χ0) is 24.5. The monoisotopic (exact) mass is 483 g/mol. The van der Waals surface area contributed by atoms with Crippen molar-refractivity contribution in [1.29, 1.82) is 0 Å². The first-order chi connectivity index (χ1) is 16.2. The lowest BCUT2D eigenvalue weighted by atomic mass is 10.1. The fourth-order valence-corrected chi connectivity index (χ4v) is 5.33. The summed E-state index contributed by atoms with van der Waals surface area (Å²) in [6.07, 6.45) is 2.30. The van der Waals surface area contributed by atoms with Crippen LogP contribution in [-0.2, 0) is 19.6 Å². The van der Waals surface area contributed by atoms with Crippen LogP contribution in [0.15, 0.2) is 51.8 Å². The van der Waals surface area contributed by atoms with E-state index in [2.05, 4.69) is 9.71 Å². The lowest BCUT2D eigenvalue weighted by Gasteiger charge is -2.29. The third-order valence-corrected chi connectivity index (χ3v) is 7.06. The molecule has 4 rings (SSSR count). The molecule has 0 spiro atoms. The molecule has 0 aromatic heterocycles. The van der Waals surface area contributed by atoms with Crippen LogP contribution in [0.3, 0.4) is 0 Å². The minimum Gasteiger partial charge on any atom is -0.451 e. The summed E-state index contributed by atoms with van der Waals surface area (Å²) in [6, 6.07) is 10.6. The molecule has 2 aromatic carbocycles. The molecule has 2 aliphatic rings. The lowest BCUT2D eigenvalue weighted by Crippen LogP contribution is -2.35. The van der Waals surface area contributed by atoms with Crippen molar-refractivity contribution in [3.8, 4) is 0 Å². The minimum atomic E-state index is -3.94. The quantitative estimate of drug-likeness (QED) is 0.510. The number of esters is 1. The van der Waals surface area contributed by atoms with Crippen LogP contribution in [0, 0.1) is 0 Å². The number of amidine groups is 1. The fraction of sp³-hybridized carbons (Fsp3) is 0.333. The van der Waals surface area contributed by atoms with Crippen LogP contribution in [0.5, 0.6) is 0 Å². The number of sulfonamides is 1. The van der Waals surface area contributed by atoms with Gasteiger partial charge in [0, 0.05) is 31.1 Å². The van der Waals surface area contributed by atoms with Crippen LogP contribution in [0.4, 0.5) is 11.4 Å². The Morgan fingerprint density at radius 2 is 1.74 bits per heavy atom. The molecular weight excluding hydrogens is 458 g/mol. The summed E-state index contributed by atoms with van der Waals surface area (Å²) in [5.74, 6) is -0.929. The molecule has 2 aliphatic heterocycles. The van der Waals surface area contributed by atoms with Gasteiger partial charge in [-0.3, -0.25) is 9.59 Å². The van der Waals surface area contributed by atoms with E-state index in [4.69, 9.17) is 4.74 Å². The van der Waals surface area contributed by atoms with Crippen LogP contribution in [0.2, 0.25) is 0 Å². The molecule has 0 unspecified atom stereocenters. The summed E-state index contributed by atoms with van der Waals surface area (Å²) in [6.45, 7) is 3.49. The number of ketones is 1. The second-order valence-electron chi connectivity index (χ2n) is 8.30. The summed E-state index contributed by atoms with van der Waals surface area (Å²) in [7, 11) is -3.94. The molecule has 10 heteroatoms. The molecule has 1 fully saturated rings. The highest BCUT2D eigenvalue weighted by Crippen LogP contribution is 2.35. The number of carbonyl (C=O) groups is 3. The van der Waals surface area contributed by atoms with Gasteiger partial charge in [-0.2, -0.15) is 8.42 Å². The van der Waals surface area contributed by atoms with Crippen LogP contribution < -0.4 is 10.2 Å². The van der Waals surface area contributed by atoms with Gasteiger partial charge in [0.15, 0.2) is 6.10 Å². The number of benzene rings is 2. The number of ether oxygens (including phenoxy) is 1. The normalized spacial score (nSPS) is 17.4. The predicted octanol–water partition coefficient (Wildman–Crippen LogP) is 3.55. The molecule has 1 atom stereocenters. The smallest absolute Gasteiger partial charge is 0.338 e. The SMILES string of the molecule is CC(=O)Nc1ccc(C(=O)[C@H](C)OC(=O)c2ccc3c(c2)S(=O)(=O)N=C2CCCCCN23)cc1. The Morgan fingerprint density at radius 3 is 2.44 bits per heavy atom. The minimum absolute atomic E-state index is 0.0245. The largest absolute Gasteiger partial charge is 0.451 e. The van der Waals surface area contributed by atoms with E-state index in [9.17, 15) is 22.8 Å². The van der Waals surface area contributed by atoms with Crippen molar-refractivity contribution in [3.05, 3.63) is 53.6 Å². The maximum Gasteiger partial charge on any atom is 0.338 e. The molecule has 2 aromatic rings. The van der Waals surface area contributed by atoms with E-state index < -0.39 is 27.9 Å². The van der Waals surface area contributed by atoms with E-state index in [0.29, 0.717) is 35.7 Å². The van der Waals surface area contributed by atoms with E-state index in [1.54, 1.807) is 18.2 Å². The maximum atomic E-state index is 12.8. The molecule has 0 bridgehead atoms. The molecule has 1 N–H and O–H groups in total.